The molecule has 0 aliphatic carbocycles. The molecule has 0 unspecified atom stereocenters. The van der Waals surface area contributed by atoms with E-state index >= 15 is 0 Å². The van der Waals surface area contributed by atoms with Crippen LogP contribution in [0.25, 0.3) is 0 Å². The number of carboxylic acid groups (broad SMARTS) is 1. The minimum absolute atomic E-state index is 0.231. The van der Waals surface area contributed by atoms with Crippen LogP contribution in [0.1, 0.15) is 40.5 Å². The lowest BCUT2D eigenvalue weighted by Gasteiger charge is -1.94. The summed E-state index contributed by atoms with van der Waals surface area (Å²) in [7, 11) is 0. The van der Waals surface area contributed by atoms with Crippen LogP contribution < -0.4 is 0 Å². The number of carboxylic acids is 1. The van der Waals surface area contributed by atoms with Crippen molar-refractivity contribution in [2.45, 2.75) is 40.5 Å². The van der Waals surface area contributed by atoms with E-state index in [0.29, 0.717) is 12.8 Å². The van der Waals surface area contributed by atoms with Gasteiger partial charge in [0.1, 0.15) is 0 Å². The normalized spacial score (nSPS) is 8.87. The summed E-state index contributed by atoms with van der Waals surface area (Å²) in [5.74, 6) is -1.95. The third-order valence-electron chi connectivity index (χ3n) is 1.21. The number of carbonyl (C=O) groups excluding carboxylic acids is 2. The standard InChI is InChI=1S/C6H10O3.C4H8O2/c1-3-4-6(8)9-5(2)7;1-3(2)4(5)6/h3-4H2,1-2H3;3H,1-2H3,(H,5,6). The molecule has 0 saturated carbocycles. The minimum atomic E-state index is -0.741. The minimum Gasteiger partial charge on any atom is -0.481 e. The molecule has 0 bridgehead atoms. The van der Waals surface area contributed by atoms with E-state index in [1.807, 2.05) is 6.92 Å². The Morgan fingerprint density at radius 1 is 1.27 bits per heavy atom. The van der Waals surface area contributed by atoms with Crippen LogP contribution in [-0.2, 0) is 19.1 Å². The summed E-state index contributed by atoms with van der Waals surface area (Å²) in [4.78, 5) is 30.2. The molecule has 0 aromatic carbocycles. The van der Waals surface area contributed by atoms with Crippen LogP contribution in [0.15, 0.2) is 0 Å². The first-order valence-electron chi connectivity index (χ1n) is 4.75. The van der Waals surface area contributed by atoms with Crippen LogP contribution in [0.3, 0.4) is 0 Å². The summed E-state index contributed by atoms with van der Waals surface area (Å²) in [5, 5.41) is 7.99. The van der Waals surface area contributed by atoms with Crippen molar-refractivity contribution in [3.8, 4) is 0 Å². The zero-order chi connectivity index (χ0) is 12.4. The maximum Gasteiger partial charge on any atom is 0.313 e. The molecule has 0 rings (SSSR count). The number of ether oxygens (including phenoxy) is 1. The number of aliphatic carboxylic acids is 1. The topological polar surface area (TPSA) is 80.7 Å². The van der Waals surface area contributed by atoms with E-state index in [2.05, 4.69) is 4.74 Å². The van der Waals surface area contributed by atoms with Crippen LogP contribution in [0.4, 0.5) is 0 Å². The van der Waals surface area contributed by atoms with Crippen molar-refractivity contribution in [3.63, 3.8) is 0 Å². The summed E-state index contributed by atoms with van der Waals surface area (Å²) in [6, 6.07) is 0. The Kier molecular flexibility index (Phi) is 9.82. The van der Waals surface area contributed by atoms with Crippen LogP contribution in [0, 0.1) is 5.92 Å². The molecule has 88 valence electrons. The molecule has 0 atom stereocenters. The average molecular weight is 218 g/mol. The Morgan fingerprint density at radius 3 is 1.87 bits per heavy atom. The predicted molar refractivity (Wildman–Crippen MR) is 54.2 cm³/mol. The average Bonchev–Trinajstić information content (AvgIpc) is 2.03. The van der Waals surface area contributed by atoms with E-state index < -0.39 is 17.9 Å². The Morgan fingerprint density at radius 2 is 1.67 bits per heavy atom. The highest BCUT2D eigenvalue weighted by atomic mass is 16.6. The summed E-state index contributed by atoms with van der Waals surface area (Å²) in [6.45, 7) is 6.35. The molecule has 0 aliphatic heterocycles. The third kappa shape index (κ3) is 15.4. The molecule has 0 heterocycles. The lowest BCUT2D eigenvalue weighted by Crippen LogP contribution is -2.07. The van der Waals surface area contributed by atoms with Crippen molar-refractivity contribution in [2.75, 3.05) is 0 Å². The van der Waals surface area contributed by atoms with Crippen molar-refractivity contribution >= 4 is 17.9 Å². The molecule has 0 spiro atoms. The van der Waals surface area contributed by atoms with E-state index in [9.17, 15) is 14.4 Å². The molecular formula is C10H18O5. The smallest absolute Gasteiger partial charge is 0.313 e. The van der Waals surface area contributed by atoms with Gasteiger partial charge < -0.3 is 9.84 Å². The van der Waals surface area contributed by atoms with Crippen molar-refractivity contribution in [3.05, 3.63) is 0 Å². The Hall–Kier alpha value is -1.39. The molecule has 0 aliphatic rings. The zero-order valence-electron chi connectivity index (χ0n) is 9.57. The van der Waals surface area contributed by atoms with Gasteiger partial charge in [-0.05, 0) is 6.42 Å². The van der Waals surface area contributed by atoms with E-state index in [1.165, 1.54) is 6.92 Å². The maximum absolute atomic E-state index is 10.4. The second-order valence-corrected chi connectivity index (χ2v) is 3.21. The number of hydrogen-bond acceptors (Lipinski definition) is 4. The van der Waals surface area contributed by atoms with Crippen LogP contribution in [-0.4, -0.2) is 23.0 Å². The quantitative estimate of drug-likeness (QED) is 0.574. The van der Waals surface area contributed by atoms with Gasteiger partial charge in [-0.3, -0.25) is 14.4 Å². The van der Waals surface area contributed by atoms with E-state index in [-0.39, 0.29) is 5.92 Å². The summed E-state index contributed by atoms with van der Waals surface area (Å²) in [5.41, 5.74) is 0. The monoisotopic (exact) mass is 218 g/mol. The maximum atomic E-state index is 10.4. The van der Waals surface area contributed by atoms with Gasteiger partial charge in [0, 0.05) is 13.3 Å². The van der Waals surface area contributed by atoms with E-state index in [1.54, 1.807) is 13.8 Å². The number of hydrogen-bond donors (Lipinski definition) is 1. The van der Waals surface area contributed by atoms with Crippen molar-refractivity contribution in [1.82, 2.24) is 0 Å². The second kappa shape index (κ2) is 9.18. The van der Waals surface area contributed by atoms with Crippen LogP contribution in [0.2, 0.25) is 0 Å². The van der Waals surface area contributed by atoms with Gasteiger partial charge in [-0.15, -0.1) is 0 Å². The van der Waals surface area contributed by atoms with Crippen molar-refractivity contribution in [1.29, 1.82) is 0 Å². The van der Waals surface area contributed by atoms with Gasteiger partial charge in [0.25, 0.3) is 0 Å². The number of carbonyl (C=O) groups is 3. The van der Waals surface area contributed by atoms with Crippen molar-refractivity contribution in [2.24, 2.45) is 5.92 Å². The molecule has 0 aromatic rings. The van der Waals surface area contributed by atoms with Gasteiger partial charge >= 0.3 is 17.9 Å². The van der Waals surface area contributed by atoms with Gasteiger partial charge in [-0.2, -0.15) is 0 Å². The Balaban J connectivity index is 0. The number of rotatable bonds is 3. The Labute approximate surface area is 89.4 Å². The first-order valence-corrected chi connectivity index (χ1v) is 4.75. The second-order valence-electron chi connectivity index (χ2n) is 3.21. The first kappa shape index (κ1) is 16.1. The number of esters is 2. The van der Waals surface area contributed by atoms with Gasteiger partial charge in [0.05, 0.1) is 5.92 Å². The largest absolute Gasteiger partial charge is 0.481 e. The molecule has 1 N–H and O–H groups in total. The molecule has 0 aromatic heterocycles. The lowest BCUT2D eigenvalue weighted by atomic mass is 10.2. The zero-order valence-corrected chi connectivity index (χ0v) is 9.57. The third-order valence-corrected chi connectivity index (χ3v) is 1.21. The fourth-order valence-electron chi connectivity index (χ4n) is 0.415. The van der Waals surface area contributed by atoms with E-state index in [0.717, 1.165) is 0 Å². The van der Waals surface area contributed by atoms with Gasteiger partial charge in [-0.25, -0.2) is 0 Å². The summed E-state index contributed by atoms with van der Waals surface area (Å²) >= 11 is 0. The summed E-state index contributed by atoms with van der Waals surface area (Å²) < 4.78 is 4.21. The molecule has 0 saturated heterocycles. The fraction of sp³-hybridized carbons (Fsp3) is 0.700. The lowest BCUT2D eigenvalue weighted by molar-refractivity contribution is -0.158. The molecule has 5 heteroatoms. The van der Waals surface area contributed by atoms with Gasteiger partial charge in [-0.1, -0.05) is 20.8 Å². The molecule has 0 fully saturated rings. The van der Waals surface area contributed by atoms with Crippen molar-refractivity contribution < 1.29 is 24.2 Å². The van der Waals surface area contributed by atoms with Crippen LogP contribution in [0.5, 0.6) is 0 Å². The molecular weight excluding hydrogens is 200 g/mol. The van der Waals surface area contributed by atoms with Gasteiger partial charge in [0.15, 0.2) is 0 Å². The molecule has 0 amide bonds. The highest BCUT2D eigenvalue weighted by Crippen LogP contribution is 1.90. The SMILES string of the molecule is CC(C)C(=O)O.CCCC(=O)OC(C)=O. The first-order chi connectivity index (χ1) is 6.81. The fourth-order valence-corrected chi connectivity index (χ4v) is 0.415. The van der Waals surface area contributed by atoms with Gasteiger partial charge in [0.2, 0.25) is 0 Å². The van der Waals surface area contributed by atoms with Crippen LogP contribution >= 0.6 is 0 Å². The molecule has 15 heavy (non-hydrogen) atoms. The Bertz CT molecular complexity index is 220. The molecule has 0 radical (unpaired) electrons. The summed E-state index contributed by atoms with van der Waals surface area (Å²) in [6.07, 6.45) is 1.03. The van der Waals surface area contributed by atoms with E-state index in [4.69, 9.17) is 5.11 Å². The molecule has 5 nitrogen and oxygen atoms in total. The highest BCUT2D eigenvalue weighted by Gasteiger charge is 2.02. The highest BCUT2D eigenvalue weighted by molar-refractivity contribution is 5.83. The predicted octanol–water partition coefficient (Wildman–Crippen LogP) is 1.60.